The normalized spacial score (nSPS) is 10.3. The van der Waals surface area contributed by atoms with Crippen molar-refractivity contribution in [2.75, 3.05) is 5.73 Å². The van der Waals surface area contributed by atoms with Crippen LogP contribution in [0.25, 0.3) is 22.4 Å². The van der Waals surface area contributed by atoms with Gasteiger partial charge in [0.15, 0.2) is 0 Å². The number of halogens is 2. The lowest BCUT2D eigenvalue weighted by atomic mass is 10.00. The van der Waals surface area contributed by atoms with E-state index in [2.05, 4.69) is 16.0 Å². The third kappa shape index (κ3) is 2.98. The van der Waals surface area contributed by atoms with Crippen LogP contribution in [0.1, 0.15) is 5.56 Å². The SMILES string of the molecule is N#Cc1c(-c2cccnc2)cc(-c2ccc(Cl)cc2Cl)nc1N. The third-order valence-electron chi connectivity index (χ3n) is 3.34. The molecule has 0 aliphatic heterocycles. The summed E-state index contributed by atoms with van der Waals surface area (Å²) in [5.41, 5.74) is 8.98. The second-order valence-corrected chi connectivity index (χ2v) is 5.64. The van der Waals surface area contributed by atoms with Gasteiger partial charge in [0.25, 0.3) is 0 Å². The zero-order valence-electron chi connectivity index (χ0n) is 11.8. The van der Waals surface area contributed by atoms with Crippen LogP contribution in [-0.4, -0.2) is 9.97 Å². The van der Waals surface area contributed by atoms with Crippen LogP contribution < -0.4 is 5.73 Å². The van der Waals surface area contributed by atoms with Gasteiger partial charge in [-0.1, -0.05) is 29.3 Å². The quantitative estimate of drug-likeness (QED) is 0.741. The Morgan fingerprint density at radius 3 is 2.57 bits per heavy atom. The molecule has 6 heteroatoms. The zero-order chi connectivity index (χ0) is 16.4. The van der Waals surface area contributed by atoms with Crippen LogP contribution in [0, 0.1) is 11.3 Å². The summed E-state index contributed by atoms with van der Waals surface area (Å²) in [7, 11) is 0. The van der Waals surface area contributed by atoms with E-state index in [1.165, 1.54) is 0 Å². The highest BCUT2D eigenvalue weighted by Crippen LogP contribution is 2.34. The summed E-state index contributed by atoms with van der Waals surface area (Å²) in [5.74, 6) is 0.148. The largest absolute Gasteiger partial charge is 0.383 e. The van der Waals surface area contributed by atoms with Crippen LogP contribution in [0.15, 0.2) is 48.8 Å². The topological polar surface area (TPSA) is 75.6 Å². The summed E-state index contributed by atoms with van der Waals surface area (Å²) >= 11 is 12.2. The molecule has 0 amide bonds. The molecule has 0 aliphatic carbocycles. The fourth-order valence-corrected chi connectivity index (χ4v) is 2.77. The van der Waals surface area contributed by atoms with E-state index in [9.17, 15) is 5.26 Å². The van der Waals surface area contributed by atoms with E-state index in [1.807, 2.05) is 6.07 Å². The lowest BCUT2D eigenvalue weighted by Crippen LogP contribution is -2.00. The van der Waals surface area contributed by atoms with Crippen molar-refractivity contribution in [3.8, 4) is 28.5 Å². The molecule has 0 radical (unpaired) electrons. The minimum atomic E-state index is 0.148. The van der Waals surface area contributed by atoms with E-state index in [4.69, 9.17) is 28.9 Å². The van der Waals surface area contributed by atoms with Crippen molar-refractivity contribution >= 4 is 29.0 Å². The fourth-order valence-electron chi connectivity index (χ4n) is 2.27. The van der Waals surface area contributed by atoms with E-state index in [-0.39, 0.29) is 5.82 Å². The number of nitrogens with zero attached hydrogens (tertiary/aromatic N) is 3. The van der Waals surface area contributed by atoms with Crippen LogP contribution >= 0.6 is 23.2 Å². The molecule has 0 unspecified atom stereocenters. The number of benzene rings is 1. The minimum Gasteiger partial charge on any atom is -0.383 e. The maximum atomic E-state index is 9.38. The summed E-state index contributed by atoms with van der Waals surface area (Å²) in [5, 5.41) is 10.4. The van der Waals surface area contributed by atoms with Crippen LogP contribution in [0.4, 0.5) is 5.82 Å². The van der Waals surface area contributed by atoms with Crippen LogP contribution in [0.5, 0.6) is 0 Å². The monoisotopic (exact) mass is 340 g/mol. The minimum absolute atomic E-state index is 0.148. The molecule has 0 bridgehead atoms. The van der Waals surface area contributed by atoms with Crippen molar-refractivity contribution < 1.29 is 0 Å². The molecule has 112 valence electrons. The first-order valence-electron chi connectivity index (χ1n) is 6.66. The fraction of sp³-hybridized carbons (Fsp3) is 0. The predicted octanol–water partition coefficient (Wildman–Crippen LogP) is 4.57. The lowest BCUT2D eigenvalue weighted by Gasteiger charge is -2.11. The maximum Gasteiger partial charge on any atom is 0.142 e. The van der Waals surface area contributed by atoms with Crippen molar-refractivity contribution in [2.24, 2.45) is 0 Å². The van der Waals surface area contributed by atoms with Gasteiger partial charge in [0.2, 0.25) is 0 Å². The molecular formula is C17H10Cl2N4. The molecule has 0 atom stereocenters. The van der Waals surface area contributed by atoms with Gasteiger partial charge in [-0.25, -0.2) is 4.98 Å². The van der Waals surface area contributed by atoms with Gasteiger partial charge >= 0.3 is 0 Å². The highest BCUT2D eigenvalue weighted by Gasteiger charge is 2.15. The van der Waals surface area contributed by atoms with Gasteiger partial charge in [0, 0.05) is 34.1 Å². The summed E-state index contributed by atoms with van der Waals surface area (Å²) in [6.07, 6.45) is 3.33. The number of nitrogen functional groups attached to an aromatic ring is 1. The number of nitriles is 1. The zero-order valence-corrected chi connectivity index (χ0v) is 13.3. The van der Waals surface area contributed by atoms with Gasteiger partial charge in [0.05, 0.1) is 10.7 Å². The first kappa shape index (κ1) is 15.3. The number of aromatic nitrogens is 2. The Bertz CT molecular complexity index is 918. The third-order valence-corrected chi connectivity index (χ3v) is 3.89. The van der Waals surface area contributed by atoms with Gasteiger partial charge < -0.3 is 5.73 Å². The van der Waals surface area contributed by atoms with E-state index in [1.54, 1.807) is 42.7 Å². The first-order valence-corrected chi connectivity index (χ1v) is 7.42. The van der Waals surface area contributed by atoms with Crippen LogP contribution in [-0.2, 0) is 0 Å². The molecule has 23 heavy (non-hydrogen) atoms. The van der Waals surface area contributed by atoms with Gasteiger partial charge in [-0.3, -0.25) is 4.98 Å². The Balaban J connectivity index is 2.25. The first-order chi connectivity index (χ1) is 11.1. The lowest BCUT2D eigenvalue weighted by molar-refractivity contribution is 1.29. The highest BCUT2D eigenvalue weighted by atomic mass is 35.5. The van der Waals surface area contributed by atoms with Crippen LogP contribution in [0.2, 0.25) is 10.0 Å². The van der Waals surface area contributed by atoms with E-state index < -0.39 is 0 Å². The Morgan fingerprint density at radius 1 is 1.09 bits per heavy atom. The molecule has 3 rings (SSSR count). The number of rotatable bonds is 2. The van der Waals surface area contributed by atoms with Crippen molar-refractivity contribution in [2.45, 2.75) is 0 Å². The molecule has 0 saturated carbocycles. The molecule has 1 aromatic carbocycles. The number of hydrogen-bond donors (Lipinski definition) is 1. The van der Waals surface area contributed by atoms with Crippen molar-refractivity contribution in [3.05, 3.63) is 64.4 Å². The molecule has 2 heterocycles. The summed E-state index contributed by atoms with van der Waals surface area (Å²) < 4.78 is 0. The predicted molar refractivity (Wildman–Crippen MR) is 92.1 cm³/mol. The number of nitrogens with two attached hydrogens (primary N) is 1. The molecule has 2 N–H and O–H groups in total. The second-order valence-electron chi connectivity index (χ2n) is 4.79. The standard InChI is InChI=1S/C17H10Cl2N4/c18-11-3-4-12(15(19)6-11)16-7-13(10-2-1-5-22-9-10)14(8-20)17(21)23-16/h1-7,9H,(H2,21,23). The molecule has 3 aromatic rings. The van der Waals surface area contributed by atoms with Gasteiger partial charge in [-0.2, -0.15) is 5.26 Å². The molecule has 4 nitrogen and oxygen atoms in total. The van der Waals surface area contributed by atoms with Crippen LogP contribution in [0.3, 0.4) is 0 Å². The smallest absolute Gasteiger partial charge is 0.142 e. The number of pyridine rings is 2. The van der Waals surface area contributed by atoms with Gasteiger partial charge in [0.1, 0.15) is 17.5 Å². The van der Waals surface area contributed by atoms with Crippen molar-refractivity contribution in [1.29, 1.82) is 5.26 Å². The van der Waals surface area contributed by atoms with E-state index in [0.717, 1.165) is 5.56 Å². The maximum absolute atomic E-state index is 9.38. The average molecular weight is 341 g/mol. The molecule has 2 aromatic heterocycles. The van der Waals surface area contributed by atoms with Crippen molar-refractivity contribution in [1.82, 2.24) is 9.97 Å². The molecule has 0 fully saturated rings. The molecular weight excluding hydrogens is 331 g/mol. The molecule has 0 spiro atoms. The second kappa shape index (κ2) is 6.25. The summed E-state index contributed by atoms with van der Waals surface area (Å²) in [4.78, 5) is 8.38. The molecule has 0 aliphatic rings. The summed E-state index contributed by atoms with van der Waals surface area (Å²) in [6.45, 7) is 0. The van der Waals surface area contributed by atoms with Crippen molar-refractivity contribution in [3.63, 3.8) is 0 Å². The Kier molecular flexibility index (Phi) is 4.16. The van der Waals surface area contributed by atoms with E-state index >= 15 is 0 Å². The average Bonchev–Trinajstić information content (AvgIpc) is 2.55. The Morgan fingerprint density at radius 2 is 1.91 bits per heavy atom. The summed E-state index contributed by atoms with van der Waals surface area (Å²) in [6, 6.07) is 12.7. The van der Waals surface area contributed by atoms with Gasteiger partial charge in [-0.15, -0.1) is 0 Å². The number of hydrogen-bond acceptors (Lipinski definition) is 4. The van der Waals surface area contributed by atoms with Gasteiger partial charge in [-0.05, 0) is 30.3 Å². The molecule has 0 saturated heterocycles. The Hall–Kier alpha value is -2.61. The highest BCUT2D eigenvalue weighted by molar-refractivity contribution is 6.36. The number of anilines is 1. The van der Waals surface area contributed by atoms with E-state index in [0.29, 0.717) is 32.4 Å². The Labute approximate surface area is 143 Å².